The van der Waals surface area contributed by atoms with Gasteiger partial charge >= 0.3 is 6.03 Å². The summed E-state index contributed by atoms with van der Waals surface area (Å²) in [5.41, 5.74) is 2.13. The average molecular weight is 399 g/mol. The minimum Gasteiger partial charge on any atom is -0.497 e. The Morgan fingerprint density at radius 1 is 0.931 bits per heavy atom. The predicted octanol–water partition coefficient (Wildman–Crippen LogP) is 2.79. The highest BCUT2D eigenvalue weighted by atomic mass is 16.5. The van der Waals surface area contributed by atoms with Crippen LogP contribution in [-0.4, -0.2) is 65.0 Å². The number of hydrogen-bond acceptors (Lipinski definition) is 5. The SMILES string of the molecule is COc1cccc(CCNC(=O)N2CCN(c3cc(OC)ccc3OC)CC2)c1. The molecule has 7 heteroatoms. The Morgan fingerprint density at radius 3 is 2.34 bits per heavy atom. The number of piperazine rings is 1. The molecular weight excluding hydrogens is 370 g/mol. The summed E-state index contributed by atoms with van der Waals surface area (Å²) in [5, 5.41) is 3.02. The van der Waals surface area contributed by atoms with Gasteiger partial charge in [0.2, 0.25) is 0 Å². The van der Waals surface area contributed by atoms with Crippen LogP contribution in [0.15, 0.2) is 42.5 Å². The van der Waals surface area contributed by atoms with Crippen molar-refractivity contribution in [2.75, 3.05) is 59.0 Å². The van der Waals surface area contributed by atoms with E-state index < -0.39 is 0 Å². The molecule has 156 valence electrons. The summed E-state index contributed by atoms with van der Waals surface area (Å²) < 4.78 is 16.1. The number of carbonyl (C=O) groups is 1. The summed E-state index contributed by atoms with van der Waals surface area (Å²) in [6.07, 6.45) is 0.768. The van der Waals surface area contributed by atoms with Crippen LogP contribution >= 0.6 is 0 Å². The molecule has 29 heavy (non-hydrogen) atoms. The van der Waals surface area contributed by atoms with E-state index in [-0.39, 0.29) is 6.03 Å². The first kappa shape index (κ1) is 20.6. The Kier molecular flexibility index (Phi) is 7.05. The van der Waals surface area contributed by atoms with E-state index in [0.717, 1.165) is 48.0 Å². The van der Waals surface area contributed by atoms with E-state index in [0.29, 0.717) is 19.6 Å². The molecule has 0 aromatic heterocycles. The highest BCUT2D eigenvalue weighted by Crippen LogP contribution is 2.32. The second kappa shape index (κ2) is 9.91. The van der Waals surface area contributed by atoms with Crippen LogP contribution in [0, 0.1) is 0 Å². The van der Waals surface area contributed by atoms with Crippen LogP contribution in [0.25, 0.3) is 0 Å². The molecule has 2 aromatic carbocycles. The number of carbonyl (C=O) groups excluding carboxylic acids is 1. The summed E-state index contributed by atoms with van der Waals surface area (Å²) in [6, 6.07) is 13.6. The zero-order chi connectivity index (χ0) is 20.6. The molecule has 1 N–H and O–H groups in total. The molecular formula is C22H29N3O4. The molecule has 0 atom stereocenters. The number of nitrogens with one attached hydrogen (secondary N) is 1. The maximum Gasteiger partial charge on any atom is 0.317 e. The molecule has 0 spiro atoms. The second-order valence-corrected chi connectivity index (χ2v) is 6.85. The minimum absolute atomic E-state index is 0.0230. The van der Waals surface area contributed by atoms with Gasteiger partial charge in [-0.2, -0.15) is 0 Å². The first-order valence-corrected chi connectivity index (χ1v) is 9.77. The summed E-state index contributed by atoms with van der Waals surface area (Å²) >= 11 is 0. The Bertz CT molecular complexity index is 819. The molecule has 0 bridgehead atoms. The fraction of sp³-hybridized carbons (Fsp3) is 0.409. The summed E-state index contributed by atoms with van der Waals surface area (Å²) in [6.45, 7) is 3.40. The third-order valence-electron chi connectivity index (χ3n) is 5.12. The molecule has 0 aliphatic carbocycles. The van der Waals surface area contributed by atoms with Crippen LogP contribution in [0.5, 0.6) is 17.2 Å². The fourth-order valence-electron chi connectivity index (χ4n) is 3.45. The van der Waals surface area contributed by atoms with E-state index >= 15 is 0 Å². The Morgan fingerprint density at radius 2 is 1.66 bits per heavy atom. The van der Waals surface area contributed by atoms with E-state index in [1.165, 1.54) is 0 Å². The van der Waals surface area contributed by atoms with Gasteiger partial charge in [-0.05, 0) is 36.2 Å². The number of ether oxygens (including phenoxy) is 3. The Labute approximate surface area is 172 Å². The largest absolute Gasteiger partial charge is 0.497 e. The van der Waals surface area contributed by atoms with Crippen LogP contribution in [0.2, 0.25) is 0 Å². The van der Waals surface area contributed by atoms with Crippen molar-refractivity contribution in [1.82, 2.24) is 10.2 Å². The third kappa shape index (κ3) is 5.25. The van der Waals surface area contributed by atoms with Gasteiger partial charge in [0.25, 0.3) is 0 Å². The van der Waals surface area contributed by atoms with Crippen LogP contribution in [-0.2, 0) is 6.42 Å². The lowest BCUT2D eigenvalue weighted by Crippen LogP contribution is -2.52. The summed E-state index contributed by atoms with van der Waals surface area (Å²) in [4.78, 5) is 16.6. The highest BCUT2D eigenvalue weighted by molar-refractivity contribution is 5.74. The lowest BCUT2D eigenvalue weighted by atomic mass is 10.1. The number of methoxy groups -OCH3 is 3. The number of anilines is 1. The van der Waals surface area contributed by atoms with Crippen molar-refractivity contribution in [2.45, 2.75) is 6.42 Å². The van der Waals surface area contributed by atoms with Gasteiger partial charge in [0.1, 0.15) is 17.2 Å². The number of rotatable bonds is 7. The molecule has 2 aromatic rings. The molecule has 1 aliphatic rings. The van der Waals surface area contributed by atoms with E-state index in [1.807, 2.05) is 47.4 Å². The monoisotopic (exact) mass is 399 g/mol. The summed E-state index contributed by atoms with van der Waals surface area (Å²) in [5.74, 6) is 2.43. The molecule has 2 amide bonds. The van der Waals surface area contributed by atoms with Crippen molar-refractivity contribution in [1.29, 1.82) is 0 Å². The molecule has 1 saturated heterocycles. The number of nitrogens with zero attached hydrogens (tertiary/aromatic N) is 2. The topological polar surface area (TPSA) is 63.3 Å². The van der Waals surface area contributed by atoms with Crippen LogP contribution in [0.4, 0.5) is 10.5 Å². The molecule has 7 nitrogen and oxygen atoms in total. The van der Waals surface area contributed by atoms with Gasteiger partial charge < -0.3 is 29.3 Å². The zero-order valence-electron chi connectivity index (χ0n) is 17.3. The van der Waals surface area contributed by atoms with Gasteiger partial charge in [-0.1, -0.05) is 12.1 Å². The molecule has 0 saturated carbocycles. The second-order valence-electron chi connectivity index (χ2n) is 6.85. The number of urea groups is 1. The lowest BCUT2D eigenvalue weighted by Gasteiger charge is -2.36. The van der Waals surface area contributed by atoms with E-state index in [2.05, 4.69) is 10.2 Å². The maximum atomic E-state index is 12.5. The van der Waals surface area contributed by atoms with Gasteiger partial charge in [0, 0.05) is 38.8 Å². The van der Waals surface area contributed by atoms with Crippen LogP contribution < -0.4 is 24.4 Å². The lowest BCUT2D eigenvalue weighted by molar-refractivity contribution is 0.194. The zero-order valence-corrected chi connectivity index (χ0v) is 17.3. The first-order valence-electron chi connectivity index (χ1n) is 9.77. The van der Waals surface area contributed by atoms with Crippen molar-refractivity contribution in [2.24, 2.45) is 0 Å². The average Bonchev–Trinajstić information content (AvgIpc) is 2.78. The number of amides is 2. The Balaban J connectivity index is 1.49. The summed E-state index contributed by atoms with van der Waals surface area (Å²) in [7, 11) is 4.97. The molecule has 0 unspecified atom stereocenters. The van der Waals surface area contributed by atoms with E-state index in [9.17, 15) is 4.79 Å². The smallest absolute Gasteiger partial charge is 0.317 e. The number of benzene rings is 2. The third-order valence-corrected chi connectivity index (χ3v) is 5.12. The van der Waals surface area contributed by atoms with Crippen molar-refractivity contribution in [3.8, 4) is 17.2 Å². The van der Waals surface area contributed by atoms with Crippen molar-refractivity contribution >= 4 is 11.7 Å². The molecule has 0 radical (unpaired) electrons. The molecule has 1 heterocycles. The predicted molar refractivity (Wildman–Crippen MR) is 113 cm³/mol. The molecule has 1 aliphatic heterocycles. The van der Waals surface area contributed by atoms with E-state index in [4.69, 9.17) is 14.2 Å². The van der Waals surface area contributed by atoms with Crippen molar-refractivity contribution in [3.63, 3.8) is 0 Å². The van der Waals surface area contributed by atoms with E-state index in [1.54, 1.807) is 21.3 Å². The fourth-order valence-corrected chi connectivity index (χ4v) is 3.45. The van der Waals surface area contributed by atoms with Gasteiger partial charge in [0.15, 0.2) is 0 Å². The molecule has 3 rings (SSSR count). The Hall–Kier alpha value is -3.09. The highest BCUT2D eigenvalue weighted by Gasteiger charge is 2.23. The maximum absolute atomic E-state index is 12.5. The molecule has 1 fully saturated rings. The van der Waals surface area contributed by atoms with Crippen molar-refractivity contribution in [3.05, 3.63) is 48.0 Å². The van der Waals surface area contributed by atoms with Gasteiger partial charge in [0.05, 0.1) is 27.0 Å². The van der Waals surface area contributed by atoms with Crippen LogP contribution in [0.1, 0.15) is 5.56 Å². The van der Waals surface area contributed by atoms with Crippen LogP contribution in [0.3, 0.4) is 0 Å². The first-order chi connectivity index (χ1) is 14.1. The van der Waals surface area contributed by atoms with Gasteiger partial charge in [-0.15, -0.1) is 0 Å². The minimum atomic E-state index is -0.0230. The van der Waals surface area contributed by atoms with Gasteiger partial charge in [-0.25, -0.2) is 4.79 Å². The van der Waals surface area contributed by atoms with Gasteiger partial charge in [-0.3, -0.25) is 0 Å². The van der Waals surface area contributed by atoms with Crippen molar-refractivity contribution < 1.29 is 19.0 Å². The number of hydrogen-bond donors (Lipinski definition) is 1. The quantitative estimate of drug-likeness (QED) is 0.776. The standard InChI is InChI=1S/C22H29N3O4/c1-27-18-6-4-5-17(15-18)9-10-23-22(26)25-13-11-24(12-14-25)20-16-19(28-2)7-8-21(20)29-3/h4-8,15-16H,9-14H2,1-3H3,(H,23,26). The normalized spacial score (nSPS) is 13.8.